The normalized spacial score (nSPS) is 28.4. The Balaban J connectivity index is 2.65. The second kappa shape index (κ2) is 6.55. The summed E-state index contributed by atoms with van der Waals surface area (Å²) in [5, 5.41) is 0. The van der Waals surface area contributed by atoms with Crippen molar-refractivity contribution in [2.45, 2.75) is 84.5 Å². The summed E-state index contributed by atoms with van der Waals surface area (Å²) in [7, 11) is 0. The average Bonchev–Trinajstić information content (AvgIpc) is 2.81. The van der Waals surface area contributed by atoms with E-state index in [1.54, 1.807) is 0 Å². The van der Waals surface area contributed by atoms with E-state index < -0.39 is 0 Å². The van der Waals surface area contributed by atoms with Gasteiger partial charge in [-0.25, -0.2) is 0 Å². The molecule has 1 saturated heterocycles. The van der Waals surface area contributed by atoms with Crippen molar-refractivity contribution >= 4 is 5.97 Å². The molecule has 0 aliphatic carbocycles. The van der Waals surface area contributed by atoms with Gasteiger partial charge in [0.25, 0.3) is 0 Å². The number of carbonyl (C=O) groups excluding carboxylic acids is 1. The summed E-state index contributed by atoms with van der Waals surface area (Å²) in [6, 6.07) is 0. The van der Waals surface area contributed by atoms with Crippen LogP contribution in [0.2, 0.25) is 0 Å². The molecule has 1 heterocycles. The predicted molar refractivity (Wildman–Crippen MR) is 72.4 cm³/mol. The summed E-state index contributed by atoms with van der Waals surface area (Å²) in [4.78, 5) is 12.3. The highest BCUT2D eigenvalue weighted by Crippen LogP contribution is 2.33. The Morgan fingerprint density at radius 3 is 2.28 bits per heavy atom. The molecule has 1 fully saturated rings. The standard InChI is InChI=1S/C15H28O3/c1-6-11-10-12(13(7-2)17-11)14(16)18-15(5,8-3)9-4/h11-13H,6-10H2,1-5H3. The monoisotopic (exact) mass is 256 g/mol. The van der Waals surface area contributed by atoms with Crippen LogP contribution in [0.3, 0.4) is 0 Å². The molecule has 0 aromatic carbocycles. The molecule has 106 valence electrons. The van der Waals surface area contributed by atoms with Gasteiger partial charge in [0.1, 0.15) is 5.60 Å². The van der Waals surface area contributed by atoms with E-state index in [4.69, 9.17) is 9.47 Å². The first-order chi connectivity index (χ1) is 8.49. The summed E-state index contributed by atoms with van der Waals surface area (Å²) >= 11 is 0. The van der Waals surface area contributed by atoms with Gasteiger partial charge >= 0.3 is 5.97 Å². The maximum Gasteiger partial charge on any atom is 0.312 e. The van der Waals surface area contributed by atoms with Crippen molar-refractivity contribution in [3.63, 3.8) is 0 Å². The van der Waals surface area contributed by atoms with Gasteiger partial charge in [-0.3, -0.25) is 4.79 Å². The minimum Gasteiger partial charge on any atom is -0.459 e. The van der Waals surface area contributed by atoms with Crippen molar-refractivity contribution in [3.8, 4) is 0 Å². The molecule has 0 amide bonds. The van der Waals surface area contributed by atoms with Crippen LogP contribution in [0, 0.1) is 5.92 Å². The van der Waals surface area contributed by atoms with Crippen LogP contribution in [0.4, 0.5) is 0 Å². The lowest BCUT2D eigenvalue weighted by atomic mass is 9.95. The molecule has 1 rings (SSSR count). The second-order valence-electron chi connectivity index (χ2n) is 5.53. The maximum absolute atomic E-state index is 12.3. The minimum atomic E-state index is -0.320. The van der Waals surface area contributed by atoms with Crippen molar-refractivity contribution in [1.82, 2.24) is 0 Å². The largest absolute Gasteiger partial charge is 0.459 e. The van der Waals surface area contributed by atoms with E-state index in [9.17, 15) is 4.79 Å². The van der Waals surface area contributed by atoms with E-state index in [0.29, 0.717) is 0 Å². The SMILES string of the molecule is CCC1CC(C(=O)OC(C)(CC)CC)C(CC)O1. The summed E-state index contributed by atoms with van der Waals surface area (Å²) in [5.74, 6) is -0.138. The minimum absolute atomic E-state index is 0.0420. The lowest BCUT2D eigenvalue weighted by molar-refractivity contribution is -0.165. The van der Waals surface area contributed by atoms with Gasteiger partial charge in [-0.15, -0.1) is 0 Å². The van der Waals surface area contributed by atoms with E-state index in [2.05, 4.69) is 27.7 Å². The molecule has 3 heteroatoms. The van der Waals surface area contributed by atoms with E-state index in [1.165, 1.54) is 0 Å². The van der Waals surface area contributed by atoms with Crippen LogP contribution in [0.25, 0.3) is 0 Å². The quantitative estimate of drug-likeness (QED) is 0.680. The Morgan fingerprint density at radius 1 is 1.22 bits per heavy atom. The molecular formula is C15H28O3. The Bertz CT molecular complexity index is 271. The zero-order valence-corrected chi connectivity index (χ0v) is 12.5. The first kappa shape index (κ1) is 15.5. The Labute approximate surface area is 111 Å². The molecule has 1 aliphatic rings. The Kier molecular flexibility index (Phi) is 5.64. The summed E-state index contributed by atoms with van der Waals surface area (Å²) in [6.45, 7) is 10.3. The number of ether oxygens (including phenoxy) is 2. The Hall–Kier alpha value is -0.570. The first-order valence-electron chi connectivity index (χ1n) is 7.37. The van der Waals surface area contributed by atoms with Crippen LogP contribution in [0.1, 0.15) is 66.7 Å². The molecule has 0 radical (unpaired) electrons. The fourth-order valence-electron chi connectivity index (χ4n) is 2.44. The number of carbonyl (C=O) groups is 1. The molecule has 0 saturated carbocycles. The number of rotatable bonds is 6. The molecule has 0 spiro atoms. The van der Waals surface area contributed by atoms with Crippen molar-refractivity contribution in [1.29, 1.82) is 0 Å². The summed E-state index contributed by atoms with van der Waals surface area (Å²) in [6.07, 6.45) is 4.65. The van der Waals surface area contributed by atoms with Crippen molar-refractivity contribution < 1.29 is 14.3 Å². The van der Waals surface area contributed by atoms with Crippen LogP contribution in [0.15, 0.2) is 0 Å². The zero-order chi connectivity index (χ0) is 13.8. The van der Waals surface area contributed by atoms with Gasteiger partial charge < -0.3 is 9.47 Å². The molecule has 0 aromatic heterocycles. The van der Waals surface area contributed by atoms with Crippen LogP contribution >= 0.6 is 0 Å². The third-order valence-electron chi connectivity index (χ3n) is 4.34. The van der Waals surface area contributed by atoms with E-state index >= 15 is 0 Å². The van der Waals surface area contributed by atoms with Crippen LogP contribution in [0.5, 0.6) is 0 Å². The predicted octanol–water partition coefficient (Wildman–Crippen LogP) is 3.70. The molecule has 18 heavy (non-hydrogen) atoms. The van der Waals surface area contributed by atoms with E-state index in [1.807, 2.05) is 6.92 Å². The Morgan fingerprint density at radius 2 is 1.83 bits per heavy atom. The molecule has 0 N–H and O–H groups in total. The van der Waals surface area contributed by atoms with Crippen molar-refractivity contribution in [2.75, 3.05) is 0 Å². The fourth-order valence-corrected chi connectivity index (χ4v) is 2.44. The number of esters is 1. The van der Waals surface area contributed by atoms with Crippen molar-refractivity contribution in [3.05, 3.63) is 0 Å². The smallest absolute Gasteiger partial charge is 0.312 e. The van der Waals surface area contributed by atoms with Gasteiger partial charge in [-0.2, -0.15) is 0 Å². The summed E-state index contributed by atoms with van der Waals surface area (Å²) in [5.41, 5.74) is -0.320. The topological polar surface area (TPSA) is 35.5 Å². The fraction of sp³-hybridized carbons (Fsp3) is 0.933. The maximum atomic E-state index is 12.3. The zero-order valence-electron chi connectivity index (χ0n) is 12.5. The van der Waals surface area contributed by atoms with Gasteiger partial charge in [-0.05, 0) is 39.0 Å². The average molecular weight is 256 g/mol. The van der Waals surface area contributed by atoms with Crippen LogP contribution in [-0.2, 0) is 14.3 Å². The molecular weight excluding hydrogens is 228 g/mol. The van der Waals surface area contributed by atoms with Crippen molar-refractivity contribution in [2.24, 2.45) is 5.92 Å². The first-order valence-corrected chi connectivity index (χ1v) is 7.37. The van der Waals surface area contributed by atoms with Crippen LogP contribution < -0.4 is 0 Å². The highest BCUT2D eigenvalue weighted by molar-refractivity contribution is 5.74. The third kappa shape index (κ3) is 3.47. The third-order valence-corrected chi connectivity index (χ3v) is 4.34. The van der Waals surface area contributed by atoms with E-state index in [0.717, 1.165) is 32.1 Å². The van der Waals surface area contributed by atoms with E-state index in [-0.39, 0.29) is 29.7 Å². The second-order valence-corrected chi connectivity index (χ2v) is 5.53. The van der Waals surface area contributed by atoms with Crippen LogP contribution in [-0.4, -0.2) is 23.8 Å². The number of hydrogen-bond donors (Lipinski definition) is 0. The molecule has 3 nitrogen and oxygen atoms in total. The van der Waals surface area contributed by atoms with Gasteiger partial charge in [0.15, 0.2) is 0 Å². The molecule has 0 aromatic rings. The molecule has 0 bridgehead atoms. The highest BCUT2D eigenvalue weighted by Gasteiger charge is 2.40. The molecule has 1 aliphatic heterocycles. The lowest BCUT2D eigenvalue weighted by Crippen LogP contribution is -2.35. The molecule has 3 atom stereocenters. The van der Waals surface area contributed by atoms with Gasteiger partial charge in [0, 0.05) is 0 Å². The van der Waals surface area contributed by atoms with Gasteiger partial charge in [0.2, 0.25) is 0 Å². The van der Waals surface area contributed by atoms with Gasteiger partial charge in [0.05, 0.1) is 18.1 Å². The summed E-state index contributed by atoms with van der Waals surface area (Å²) < 4.78 is 11.6. The highest BCUT2D eigenvalue weighted by atomic mass is 16.6. The van der Waals surface area contributed by atoms with Gasteiger partial charge in [-0.1, -0.05) is 27.7 Å². The molecule has 3 unspecified atom stereocenters. The number of hydrogen-bond acceptors (Lipinski definition) is 3. The lowest BCUT2D eigenvalue weighted by Gasteiger charge is -2.29.